The van der Waals surface area contributed by atoms with Gasteiger partial charge in [0, 0.05) is 25.1 Å². The number of amides is 1. The van der Waals surface area contributed by atoms with E-state index in [4.69, 9.17) is 0 Å². The first-order valence-corrected chi connectivity index (χ1v) is 8.34. The van der Waals surface area contributed by atoms with Gasteiger partial charge >= 0.3 is 0 Å². The quantitative estimate of drug-likeness (QED) is 0.931. The second-order valence-corrected chi connectivity index (χ2v) is 6.78. The monoisotopic (exact) mass is 307 g/mol. The van der Waals surface area contributed by atoms with Gasteiger partial charge in [0.15, 0.2) is 9.84 Å². The molecule has 1 heterocycles. The minimum atomic E-state index is -3.26. The molecule has 112 valence electrons. The number of benzene rings is 1. The van der Waals surface area contributed by atoms with Crippen LogP contribution >= 0.6 is 0 Å². The number of hydrogen-bond donors (Lipinski definition) is 1. The van der Waals surface area contributed by atoms with E-state index in [1.807, 2.05) is 6.92 Å². The van der Waals surface area contributed by atoms with Crippen LogP contribution in [0, 0.1) is 0 Å². The van der Waals surface area contributed by atoms with Crippen LogP contribution in [0.1, 0.15) is 23.0 Å². The van der Waals surface area contributed by atoms with E-state index in [0.29, 0.717) is 17.7 Å². The maximum Gasteiger partial charge on any atom is 0.255 e. The molecule has 0 aliphatic carbocycles. The first kappa shape index (κ1) is 15.2. The molecule has 0 aliphatic rings. The van der Waals surface area contributed by atoms with Gasteiger partial charge in [-0.25, -0.2) is 8.42 Å². The van der Waals surface area contributed by atoms with Crippen LogP contribution in [-0.4, -0.2) is 30.4 Å². The Hall–Kier alpha value is -2.15. The van der Waals surface area contributed by atoms with E-state index >= 15 is 0 Å². The van der Waals surface area contributed by atoms with Crippen LogP contribution in [0.3, 0.4) is 0 Å². The summed E-state index contributed by atoms with van der Waals surface area (Å²) in [6.45, 7) is 1.96. The van der Waals surface area contributed by atoms with Gasteiger partial charge in [-0.2, -0.15) is 5.10 Å². The Morgan fingerprint density at radius 3 is 2.43 bits per heavy atom. The molecule has 0 fully saturated rings. The number of carbonyl (C=O) groups is 1. The molecule has 2 aromatic rings. The van der Waals surface area contributed by atoms with Gasteiger partial charge in [-0.1, -0.05) is 6.92 Å². The Bertz CT molecular complexity index is 761. The van der Waals surface area contributed by atoms with Crippen molar-refractivity contribution in [3.05, 3.63) is 41.7 Å². The Morgan fingerprint density at radius 2 is 1.90 bits per heavy atom. The van der Waals surface area contributed by atoms with Crippen LogP contribution in [0.5, 0.6) is 0 Å². The lowest BCUT2D eigenvalue weighted by atomic mass is 10.2. The summed E-state index contributed by atoms with van der Waals surface area (Å²) >= 11 is 0. The highest BCUT2D eigenvalue weighted by atomic mass is 32.2. The van der Waals surface area contributed by atoms with E-state index in [0.717, 1.165) is 11.9 Å². The molecule has 21 heavy (non-hydrogen) atoms. The van der Waals surface area contributed by atoms with Gasteiger partial charge in [-0.3, -0.25) is 9.48 Å². The molecule has 2 rings (SSSR count). The summed E-state index contributed by atoms with van der Waals surface area (Å²) in [6, 6.07) is 5.84. The van der Waals surface area contributed by atoms with Crippen LogP contribution in [0.25, 0.3) is 0 Å². The number of rotatable bonds is 4. The molecule has 0 saturated heterocycles. The molecular weight excluding hydrogens is 290 g/mol. The fourth-order valence-electron chi connectivity index (χ4n) is 1.95. The fourth-order valence-corrected chi connectivity index (χ4v) is 2.58. The highest BCUT2D eigenvalue weighted by Gasteiger charge is 2.13. The van der Waals surface area contributed by atoms with Crippen molar-refractivity contribution in [2.24, 2.45) is 7.05 Å². The van der Waals surface area contributed by atoms with Crippen molar-refractivity contribution in [3.8, 4) is 0 Å². The molecule has 0 atom stereocenters. The van der Waals surface area contributed by atoms with Crippen LogP contribution in [-0.2, 0) is 23.3 Å². The third kappa shape index (κ3) is 3.49. The second kappa shape index (κ2) is 5.69. The predicted molar refractivity (Wildman–Crippen MR) is 80.1 cm³/mol. The summed E-state index contributed by atoms with van der Waals surface area (Å²) in [5.74, 6) is -0.294. The lowest BCUT2D eigenvalue weighted by Gasteiger charge is -2.05. The van der Waals surface area contributed by atoms with Crippen molar-refractivity contribution in [1.29, 1.82) is 0 Å². The molecule has 1 amide bonds. The number of hydrogen-bond acceptors (Lipinski definition) is 4. The first-order valence-electron chi connectivity index (χ1n) is 6.45. The lowest BCUT2D eigenvalue weighted by Crippen LogP contribution is -2.12. The number of anilines is 1. The standard InChI is InChI=1S/C14H17N3O3S/c1-4-12-13(9-17(2)16-12)15-14(18)10-5-7-11(8-6-10)21(3,19)20/h5-9H,4H2,1-3H3,(H,15,18). The zero-order chi connectivity index (χ0) is 15.6. The van der Waals surface area contributed by atoms with Crippen molar-refractivity contribution in [2.75, 3.05) is 11.6 Å². The molecular formula is C14H17N3O3S. The third-order valence-electron chi connectivity index (χ3n) is 3.03. The minimum absolute atomic E-state index is 0.190. The summed E-state index contributed by atoms with van der Waals surface area (Å²) in [6.07, 6.45) is 3.58. The van der Waals surface area contributed by atoms with Gasteiger partial charge in [-0.15, -0.1) is 0 Å². The minimum Gasteiger partial charge on any atom is -0.319 e. The fraction of sp³-hybridized carbons (Fsp3) is 0.286. The van der Waals surface area contributed by atoms with Crippen LogP contribution < -0.4 is 5.32 Å². The molecule has 0 spiro atoms. The van der Waals surface area contributed by atoms with Crippen molar-refractivity contribution >= 4 is 21.4 Å². The zero-order valence-electron chi connectivity index (χ0n) is 12.1. The Labute approximate surface area is 123 Å². The zero-order valence-corrected chi connectivity index (χ0v) is 12.9. The number of aromatic nitrogens is 2. The maximum absolute atomic E-state index is 12.2. The molecule has 0 unspecified atom stereocenters. The van der Waals surface area contributed by atoms with Crippen molar-refractivity contribution < 1.29 is 13.2 Å². The van der Waals surface area contributed by atoms with Crippen molar-refractivity contribution in [3.63, 3.8) is 0 Å². The van der Waals surface area contributed by atoms with E-state index in [2.05, 4.69) is 10.4 Å². The van der Waals surface area contributed by atoms with Gasteiger partial charge in [0.25, 0.3) is 5.91 Å². The Morgan fingerprint density at radius 1 is 1.29 bits per heavy atom. The van der Waals surface area contributed by atoms with E-state index < -0.39 is 9.84 Å². The lowest BCUT2D eigenvalue weighted by molar-refractivity contribution is 0.102. The van der Waals surface area contributed by atoms with E-state index in [1.165, 1.54) is 24.3 Å². The average molecular weight is 307 g/mol. The summed E-state index contributed by atoms with van der Waals surface area (Å²) in [5, 5.41) is 7.03. The number of carbonyl (C=O) groups excluding carboxylic acids is 1. The van der Waals surface area contributed by atoms with Crippen LogP contribution in [0.2, 0.25) is 0 Å². The number of sulfone groups is 1. The van der Waals surface area contributed by atoms with Crippen LogP contribution in [0.15, 0.2) is 35.4 Å². The molecule has 0 bridgehead atoms. The smallest absolute Gasteiger partial charge is 0.255 e. The maximum atomic E-state index is 12.2. The molecule has 1 aromatic carbocycles. The number of nitrogens with one attached hydrogen (secondary N) is 1. The summed E-state index contributed by atoms with van der Waals surface area (Å²) < 4.78 is 24.4. The van der Waals surface area contributed by atoms with Gasteiger partial charge in [0.05, 0.1) is 16.3 Å². The topological polar surface area (TPSA) is 81.1 Å². The van der Waals surface area contributed by atoms with E-state index in [1.54, 1.807) is 17.9 Å². The van der Waals surface area contributed by atoms with Gasteiger partial charge in [0.1, 0.15) is 0 Å². The molecule has 0 radical (unpaired) electrons. The molecule has 1 aromatic heterocycles. The highest BCUT2D eigenvalue weighted by molar-refractivity contribution is 7.90. The summed E-state index contributed by atoms with van der Waals surface area (Å²) in [4.78, 5) is 12.3. The third-order valence-corrected chi connectivity index (χ3v) is 4.16. The predicted octanol–water partition coefficient (Wildman–Crippen LogP) is 1.64. The van der Waals surface area contributed by atoms with Crippen molar-refractivity contribution in [2.45, 2.75) is 18.2 Å². The van der Waals surface area contributed by atoms with E-state index in [-0.39, 0.29) is 10.8 Å². The molecule has 7 heteroatoms. The SMILES string of the molecule is CCc1nn(C)cc1NC(=O)c1ccc(S(C)(=O)=O)cc1. The summed E-state index contributed by atoms with van der Waals surface area (Å²) in [5.41, 5.74) is 1.86. The molecule has 6 nitrogen and oxygen atoms in total. The Balaban J connectivity index is 2.20. The first-order chi connectivity index (χ1) is 9.81. The molecule has 0 aliphatic heterocycles. The molecule has 0 saturated carbocycles. The number of aryl methyl sites for hydroxylation is 2. The number of nitrogens with zero attached hydrogens (tertiary/aromatic N) is 2. The van der Waals surface area contributed by atoms with Gasteiger partial charge < -0.3 is 5.32 Å². The van der Waals surface area contributed by atoms with Gasteiger partial charge in [-0.05, 0) is 30.7 Å². The Kier molecular flexibility index (Phi) is 4.13. The summed E-state index contributed by atoms with van der Waals surface area (Å²) in [7, 11) is -1.47. The average Bonchev–Trinajstić information content (AvgIpc) is 2.78. The molecule has 1 N–H and O–H groups in total. The van der Waals surface area contributed by atoms with E-state index in [9.17, 15) is 13.2 Å². The van der Waals surface area contributed by atoms with Crippen molar-refractivity contribution in [1.82, 2.24) is 9.78 Å². The highest BCUT2D eigenvalue weighted by Crippen LogP contribution is 2.16. The van der Waals surface area contributed by atoms with Crippen LogP contribution in [0.4, 0.5) is 5.69 Å². The van der Waals surface area contributed by atoms with Gasteiger partial charge in [0.2, 0.25) is 0 Å². The second-order valence-electron chi connectivity index (χ2n) is 4.77. The normalized spacial score (nSPS) is 11.4. The largest absolute Gasteiger partial charge is 0.319 e.